The van der Waals surface area contributed by atoms with E-state index in [-0.39, 0.29) is 11.9 Å². The van der Waals surface area contributed by atoms with Crippen LogP contribution < -0.4 is 5.48 Å². The van der Waals surface area contributed by atoms with E-state index in [4.69, 9.17) is 4.84 Å². The highest BCUT2D eigenvalue weighted by molar-refractivity contribution is 7.99. The molecule has 0 saturated carbocycles. The van der Waals surface area contributed by atoms with Gasteiger partial charge in [0.2, 0.25) is 0 Å². The maximum absolute atomic E-state index is 11.4. The molecule has 1 aliphatic heterocycles. The third-order valence-corrected chi connectivity index (χ3v) is 3.25. The van der Waals surface area contributed by atoms with Crippen molar-refractivity contribution >= 4 is 23.2 Å². The summed E-state index contributed by atoms with van der Waals surface area (Å²) in [6.45, 7) is 0. The highest BCUT2D eigenvalue weighted by Gasteiger charge is 2.23. The van der Waals surface area contributed by atoms with Crippen molar-refractivity contribution in [3.05, 3.63) is 30.3 Å². The summed E-state index contributed by atoms with van der Waals surface area (Å²) >= 11 is 1.76. The summed E-state index contributed by atoms with van der Waals surface area (Å²) in [4.78, 5) is 16.8. The third-order valence-electron chi connectivity index (χ3n) is 2.21. The highest BCUT2D eigenvalue weighted by atomic mass is 32.2. The Hall–Kier alpha value is -1.00. The molecule has 1 saturated heterocycles. The largest absolute Gasteiger partial charge is 0.297 e. The Morgan fingerprint density at radius 2 is 2.13 bits per heavy atom. The van der Waals surface area contributed by atoms with Gasteiger partial charge < -0.3 is 0 Å². The first-order valence-electron chi connectivity index (χ1n) is 4.93. The minimum absolute atomic E-state index is 0.192. The number of carbonyl (C=O) groups excluding carboxylic acids is 1. The van der Waals surface area contributed by atoms with Crippen molar-refractivity contribution in [1.82, 2.24) is 0 Å². The van der Waals surface area contributed by atoms with Gasteiger partial charge in [0.1, 0.15) is 0 Å². The van der Waals surface area contributed by atoms with Crippen LogP contribution in [0.1, 0.15) is 6.42 Å². The molecule has 1 aromatic carbocycles. The first kappa shape index (κ1) is 10.5. The molecule has 0 spiro atoms. The lowest BCUT2D eigenvalue weighted by Crippen LogP contribution is -2.32. The minimum Gasteiger partial charge on any atom is -0.297 e. The molecule has 0 radical (unpaired) electrons. The Balaban J connectivity index is 1.85. The van der Waals surface area contributed by atoms with E-state index in [2.05, 4.69) is 5.48 Å². The minimum atomic E-state index is -0.302. The van der Waals surface area contributed by atoms with Gasteiger partial charge in [-0.1, -0.05) is 18.2 Å². The Labute approximate surface area is 93.2 Å². The standard InChI is InChI=1S/C11H13NO2S/c13-10-6-7-15-8-11(10)14-12-9-4-2-1-3-5-9/h1-5,11-12H,6-8H2/t11-/m1/s1. The van der Waals surface area contributed by atoms with Crippen LogP contribution in [0.3, 0.4) is 0 Å². The smallest absolute Gasteiger partial charge is 0.165 e. The summed E-state index contributed by atoms with van der Waals surface area (Å²) in [5.41, 5.74) is 3.69. The van der Waals surface area contributed by atoms with E-state index in [1.165, 1.54) is 0 Å². The van der Waals surface area contributed by atoms with Crippen LogP contribution in [0.5, 0.6) is 0 Å². The van der Waals surface area contributed by atoms with E-state index in [1.807, 2.05) is 30.3 Å². The van der Waals surface area contributed by atoms with E-state index in [9.17, 15) is 4.79 Å². The molecule has 0 aliphatic carbocycles. The first-order valence-corrected chi connectivity index (χ1v) is 6.09. The molecule has 1 aliphatic rings. The fourth-order valence-corrected chi connectivity index (χ4v) is 2.34. The molecule has 1 atom stereocenters. The number of para-hydroxylation sites is 1. The van der Waals surface area contributed by atoms with Crippen molar-refractivity contribution in [2.45, 2.75) is 12.5 Å². The second kappa shape index (κ2) is 5.19. The van der Waals surface area contributed by atoms with Crippen molar-refractivity contribution in [3.63, 3.8) is 0 Å². The van der Waals surface area contributed by atoms with Crippen LogP contribution in [0.25, 0.3) is 0 Å². The summed E-state index contributed by atoms with van der Waals surface area (Å²) in [6.07, 6.45) is 0.315. The van der Waals surface area contributed by atoms with Crippen LogP contribution in [0.4, 0.5) is 5.69 Å². The maximum atomic E-state index is 11.4. The summed E-state index contributed by atoms with van der Waals surface area (Å²) in [5.74, 6) is 1.86. The fraction of sp³-hybridized carbons (Fsp3) is 0.364. The van der Waals surface area contributed by atoms with E-state index in [1.54, 1.807) is 11.8 Å². The molecule has 2 rings (SSSR count). The highest BCUT2D eigenvalue weighted by Crippen LogP contribution is 2.17. The van der Waals surface area contributed by atoms with Crippen LogP contribution in [-0.4, -0.2) is 23.4 Å². The lowest BCUT2D eigenvalue weighted by atomic mass is 10.2. The van der Waals surface area contributed by atoms with Gasteiger partial charge in [0.25, 0.3) is 0 Å². The molecule has 80 valence electrons. The average Bonchev–Trinajstić information content (AvgIpc) is 2.29. The van der Waals surface area contributed by atoms with Gasteiger partial charge in [0.05, 0.1) is 5.69 Å². The molecule has 3 nitrogen and oxygen atoms in total. The molecule has 0 bridgehead atoms. The van der Waals surface area contributed by atoms with E-state index >= 15 is 0 Å². The SMILES string of the molecule is O=C1CCSC[C@H]1ONc1ccccc1. The van der Waals surface area contributed by atoms with Crippen molar-refractivity contribution in [3.8, 4) is 0 Å². The monoisotopic (exact) mass is 223 g/mol. The number of benzene rings is 1. The van der Waals surface area contributed by atoms with Gasteiger partial charge in [-0.25, -0.2) is 0 Å². The van der Waals surface area contributed by atoms with Crippen molar-refractivity contribution in [2.24, 2.45) is 0 Å². The molecule has 1 N–H and O–H groups in total. The molecule has 4 heteroatoms. The van der Waals surface area contributed by atoms with Gasteiger partial charge in [0, 0.05) is 17.9 Å². The number of carbonyl (C=O) groups is 1. The van der Waals surface area contributed by atoms with E-state index in [0.717, 1.165) is 17.2 Å². The van der Waals surface area contributed by atoms with Crippen molar-refractivity contribution in [1.29, 1.82) is 0 Å². The number of Topliss-reactive ketones (excluding diaryl/α,β-unsaturated/α-hetero) is 1. The van der Waals surface area contributed by atoms with Gasteiger partial charge in [-0.3, -0.25) is 15.1 Å². The van der Waals surface area contributed by atoms with Crippen LogP contribution in [0, 0.1) is 0 Å². The third kappa shape index (κ3) is 2.97. The Bertz CT molecular complexity index is 329. The molecule has 1 fully saturated rings. The quantitative estimate of drug-likeness (QED) is 0.796. The summed E-state index contributed by atoms with van der Waals surface area (Å²) in [5, 5.41) is 0. The Morgan fingerprint density at radius 1 is 1.33 bits per heavy atom. The molecule has 1 heterocycles. The molecule has 0 aromatic heterocycles. The lowest BCUT2D eigenvalue weighted by Gasteiger charge is -2.20. The topological polar surface area (TPSA) is 38.3 Å². The van der Waals surface area contributed by atoms with E-state index < -0.39 is 0 Å². The summed E-state index contributed by atoms with van der Waals surface area (Å²) in [6, 6.07) is 9.58. The fourth-order valence-electron chi connectivity index (χ4n) is 1.36. The van der Waals surface area contributed by atoms with Gasteiger partial charge in [-0.05, 0) is 12.1 Å². The number of ketones is 1. The second-order valence-electron chi connectivity index (χ2n) is 3.37. The predicted molar refractivity (Wildman–Crippen MR) is 61.9 cm³/mol. The molecule has 0 amide bonds. The van der Waals surface area contributed by atoms with Crippen molar-refractivity contribution in [2.75, 3.05) is 17.0 Å². The second-order valence-corrected chi connectivity index (χ2v) is 4.52. The molecular weight excluding hydrogens is 210 g/mol. The zero-order valence-electron chi connectivity index (χ0n) is 8.31. The predicted octanol–water partition coefficient (Wildman–Crippen LogP) is 2.10. The molecule has 15 heavy (non-hydrogen) atoms. The number of hydrogen-bond acceptors (Lipinski definition) is 4. The molecular formula is C11H13NO2S. The average molecular weight is 223 g/mol. The zero-order chi connectivity index (χ0) is 10.5. The number of nitrogens with one attached hydrogen (secondary N) is 1. The summed E-state index contributed by atoms with van der Waals surface area (Å²) < 4.78 is 0. The number of thioether (sulfide) groups is 1. The molecule has 0 unspecified atom stereocenters. The van der Waals surface area contributed by atoms with E-state index in [0.29, 0.717) is 6.42 Å². The van der Waals surface area contributed by atoms with Crippen LogP contribution >= 0.6 is 11.8 Å². The Morgan fingerprint density at radius 3 is 2.87 bits per heavy atom. The van der Waals surface area contributed by atoms with Gasteiger partial charge in [-0.15, -0.1) is 0 Å². The molecule has 1 aromatic rings. The number of anilines is 1. The van der Waals surface area contributed by atoms with Gasteiger partial charge >= 0.3 is 0 Å². The number of rotatable bonds is 3. The number of hydrogen-bond donors (Lipinski definition) is 1. The van der Waals surface area contributed by atoms with Gasteiger partial charge in [-0.2, -0.15) is 11.8 Å². The lowest BCUT2D eigenvalue weighted by molar-refractivity contribution is -0.127. The first-order chi connectivity index (χ1) is 7.36. The maximum Gasteiger partial charge on any atom is 0.165 e. The van der Waals surface area contributed by atoms with Crippen LogP contribution in [0.2, 0.25) is 0 Å². The normalized spacial score (nSPS) is 21.3. The zero-order valence-corrected chi connectivity index (χ0v) is 9.13. The van der Waals surface area contributed by atoms with Gasteiger partial charge in [0.15, 0.2) is 11.9 Å². The van der Waals surface area contributed by atoms with Crippen LogP contribution in [-0.2, 0) is 9.63 Å². The van der Waals surface area contributed by atoms with Crippen molar-refractivity contribution < 1.29 is 9.63 Å². The van der Waals surface area contributed by atoms with Crippen LogP contribution in [0.15, 0.2) is 30.3 Å². The Kier molecular flexibility index (Phi) is 3.64. The summed E-state index contributed by atoms with van der Waals surface area (Å²) in [7, 11) is 0.